The highest BCUT2D eigenvalue weighted by Crippen LogP contribution is 2.40. The lowest BCUT2D eigenvalue weighted by atomic mass is 9.97. The summed E-state index contributed by atoms with van der Waals surface area (Å²) in [7, 11) is -0.191. The quantitative estimate of drug-likeness (QED) is 0.173. The fourth-order valence-corrected chi connectivity index (χ4v) is 7.10. The second-order valence-corrected chi connectivity index (χ2v) is 18.2. The summed E-state index contributed by atoms with van der Waals surface area (Å²) in [5.74, 6) is -1.77. The third-order valence-electron chi connectivity index (χ3n) is 9.25. The predicted octanol–water partition coefficient (Wildman–Crippen LogP) is 8.41. The second-order valence-electron chi connectivity index (χ2n) is 13.4. The minimum atomic E-state index is -1.97. The summed E-state index contributed by atoms with van der Waals surface area (Å²) in [5, 5.41) is 11.6. The van der Waals surface area contributed by atoms with Gasteiger partial charge in [-0.1, -0.05) is 39.0 Å². The molecular weight excluding hydrogens is 595 g/mol. The first-order chi connectivity index (χ1) is 21.3. The van der Waals surface area contributed by atoms with Gasteiger partial charge in [0.1, 0.15) is 17.7 Å². The molecule has 11 heteroatoms. The molecule has 45 heavy (non-hydrogen) atoms. The van der Waals surface area contributed by atoms with E-state index in [0.29, 0.717) is 17.0 Å². The standard InChI is InChI=1S/C34H38F3N5O2Si/c1-34(2,3)45(5,6)44-28-12-8-11-26(28)38-18-22-16-27-31(30(37)29(22)36)43-33(40-27)21-10-7-9-20(15-21)24-14-13-23(35)17-25(24)32-41-39-19-42(32)4/h7,9-10,13-17,19,26,28,38H,8,11-12,18H2,1-6H3/t26-,28?/m1/s1. The van der Waals surface area contributed by atoms with Gasteiger partial charge in [0.05, 0.1) is 6.10 Å². The van der Waals surface area contributed by atoms with Crippen LogP contribution >= 0.6 is 0 Å². The molecule has 7 nitrogen and oxygen atoms in total. The van der Waals surface area contributed by atoms with Crippen molar-refractivity contribution in [1.29, 1.82) is 0 Å². The van der Waals surface area contributed by atoms with E-state index in [9.17, 15) is 4.39 Å². The molecule has 6 rings (SSSR count). The van der Waals surface area contributed by atoms with Crippen LogP contribution in [-0.4, -0.2) is 40.2 Å². The zero-order valence-corrected chi connectivity index (χ0v) is 27.4. The summed E-state index contributed by atoms with van der Waals surface area (Å²) in [6, 6.07) is 13.3. The van der Waals surface area contributed by atoms with Crippen LogP contribution in [0.2, 0.25) is 18.1 Å². The van der Waals surface area contributed by atoms with Crippen LogP contribution in [0.5, 0.6) is 0 Å². The van der Waals surface area contributed by atoms with Crippen LogP contribution in [0.25, 0.3) is 45.1 Å². The molecule has 1 fully saturated rings. The van der Waals surface area contributed by atoms with Crippen LogP contribution in [-0.2, 0) is 18.0 Å². The number of fused-ring (bicyclic) bond motifs is 1. The zero-order chi connectivity index (χ0) is 32.1. The summed E-state index contributed by atoms with van der Waals surface area (Å²) in [4.78, 5) is 4.54. The van der Waals surface area contributed by atoms with Gasteiger partial charge in [-0.2, -0.15) is 4.39 Å². The fourth-order valence-electron chi connectivity index (χ4n) is 5.71. The first-order valence-corrected chi connectivity index (χ1v) is 18.2. The van der Waals surface area contributed by atoms with E-state index < -0.39 is 25.8 Å². The van der Waals surface area contributed by atoms with Crippen molar-refractivity contribution in [3.63, 3.8) is 0 Å². The largest absolute Gasteiger partial charge is 0.433 e. The van der Waals surface area contributed by atoms with Crippen molar-refractivity contribution in [2.24, 2.45) is 7.05 Å². The van der Waals surface area contributed by atoms with Crippen LogP contribution in [0, 0.1) is 17.5 Å². The number of hydrogen-bond donors (Lipinski definition) is 1. The van der Waals surface area contributed by atoms with Crippen molar-refractivity contribution in [3.8, 4) is 34.0 Å². The number of aryl methyl sites for hydroxylation is 1. The summed E-state index contributed by atoms with van der Waals surface area (Å²) in [6.45, 7) is 11.3. The lowest BCUT2D eigenvalue weighted by molar-refractivity contribution is 0.155. The van der Waals surface area contributed by atoms with E-state index in [-0.39, 0.29) is 46.3 Å². The van der Waals surface area contributed by atoms with Gasteiger partial charge in [0, 0.05) is 36.3 Å². The Balaban J connectivity index is 1.27. The van der Waals surface area contributed by atoms with E-state index in [4.69, 9.17) is 8.84 Å². The van der Waals surface area contributed by atoms with Gasteiger partial charge in [0.2, 0.25) is 11.7 Å². The molecule has 0 saturated heterocycles. The summed E-state index contributed by atoms with van der Waals surface area (Å²) >= 11 is 0. The monoisotopic (exact) mass is 633 g/mol. The maximum Gasteiger partial charge on any atom is 0.227 e. The molecule has 2 aromatic heterocycles. The van der Waals surface area contributed by atoms with Crippen LogP contribution in [0.3, 0.4) is 0 Å². The minimum absolute atomic E-state index is 0.0451. The Bertz CT molecular complexity index is 1860. The van der Waals surface area contributed by atoms with E-state index in [1.807, 2.05) is 12.1 Å². The molecule has 1 aliphatic rings. The smallest absolute Gasteiger partial charge is 0.227 e. The van der Waals surface area contributed by atoms with Crippen LogP contribution < -0.4 is 5.32 Å². The molecule has 3 aromatic carbocycles. The van der Waals surface area contributed by atoms with Crippen LogP contribution in [0.15, 0.2) is 59.3 Å². The number of nitrogens with zero attached hydrogens (tertiary/aromatic N) is 4. The van der Waals surface area contributed by atoms with Crippen molar-refractivity contribution < 1.29 is 22.0 Å². The number of benzene rings is 3. The van der Waals surface area contributed by atoms with Gasteiger partial charge in [-0.15, -0.1) is 10.2 Å². The van der Waals surface area contributed by atoms with E-state index in [2.05, 4.69) is 54.4 Å². The maximum absolute atomic E-state index is 15.3. The van der Waals surface area contributed by atoms with Crippen molar-refractivity contribution in [3.05, 3.63) is 77.9 Å². The molecule has 0 aliphatic heterocycles. The number of nitrogens with one attached hydrogen (secondary N) is 1. The van der Waals surface area contributed by atoms with Crippen molar-refractivity contribution >= 4 is 19.4 Å². The second kappa shape index (κ2) is 11.8. The Morgan fingerprint density at radius 2 is 1.78 bits per heavy atom. The summed E-state index contributed by atoms with van der Waals surface area (Å²) < 4.78 is 59.1. The number of halogens is 3. The van der Waals surface area contributed by atoms with Gasteiger partial charge in [-0.3, -0.25) is 0 Å². The van der Waals surface area contributed by atoms with Gasteiger partial charge in [0.15, 0.2) is 25.5 Å². The predicted molar refractivity (Wildman–Crippen MR) is 171 cm³/mol. The molecule has 1 aliphatic carbocycles. The average Bonchev–Trinajstić information content (AvgIpc) is 3.73. The molecule has 1 unspecified atom stereocenters. The Kier molecular flexibility index (Phi) is 8.21. The van der Waals surface area contributed by atoms with Gasteiger partial charge in [-0.25, -0.2) is 13.8 Å². The van der Waals surface area contributed by atoms with Crippen LogP contribution in [0.4, 0.5) is 13.2 Å². The molecule has 0 spiro atoms. The van der Waals surface area contributed by atoms with Gasteiger partial charge >= 0.3 is 0 Å². The van der Waals surface area contributed by atoms with Crippen molar-refractivity contribution in [2.75, 3.05) is 0 Å². The molecule has 2 heterocycles. The topological polar surface area (TPSA) is 78.0 Å². The Labute approximate surface area is 262 Å². The van der Waals surface area contributed by atoms with E-state index in [1.165, 1.54) is 12.1 Å². The van der Waals surface area contributed by atoms with Gasteiger partial charge in [-0.05, 0) is 78.9 Å². The summed E-state index contributed by atoms with van der Waals surface area (Å²) in [6.07, 6.45) is 4.48. The number of hydrogen-bond acceptors (Lipinski definition) is 6. The fraction of sp³-hybridized carbons (Fsp3) is 0.382. The summed E-state index contributed by atoms with van der Waals surface area (Å²) in [5.41, 5.74) is 2.77. The van der Waals surface area contributed by atoms with Gasteiger partial charge in [0.25, 0.3) is 0 Å². The molecule has 1 saturated carbocycles. The van der Waals surface area contributed by atoms with E-state index >= 15 is 8.78 Å². The first kappa shape index (κ1) is 31.2. The maximum atomic E-state index is 15.3. The van der Waals surface area contributed by atoms with E-state index in [0.717, 1.165) is 30.4 Å². The number of rotatable bonds is 8. The Morgan fingerprint density at radius 1 is 1.00 bits per heavy atom. The normalized spacial score (nSPS) is 17.4. The molecule has 0 bridgehead atoms. The lowest BCUT2D eigenvalue weighted by Crippen LogP contribution is -2.48. The molecule has 0 amide bonds. The molecule has 0 radical (unpaired) electrons. The third-order valence-corrected chi connectivity index (χ3v) is 13.8. The Hall–Kier alpha value is -3.80. The van der Waals surface area contributed by atoms with Crippen molar-refractivity contribution in [2.45, 2.75) is 76.9 Å². The average molecular weight is 634 g/mol. The minimum Gasteiger partial charge on any atom is -0.433 e. The molecular formula is C34H38F3N5O2Si. The highest BCUT2D eigenvalue weighted by Gasteiger charge is 2.42. The highest BCUT2D eigenvalue weighted by molar-refractivity contribution is 6.74. The lowest BCUT2D eigenvalue weighted by Gasteiger charge is -2.40. The molecule has 236 valence electrons. The van der Waals surface area contributed by atoms with E-state index in [1.54, 1.807) is 42.2 Å². The number of oxazole rings is 1. The molecule has 5 aromatic rings. The van der Waals surface area contributed by atoms with Crippen LogP contribution in [0.1, 0.15) is 45.6 Å². The SMILES string of the molecule is Cn1cnnc1-c1cc(F)ccc1-c1cccc(-c2nc3cc(CN[C@@H]4CCCC4O[Si](C)(C)C(C)(C)C)c(F)c(F)c3o2)c1. The molecule has 1 N–H and O–H groups in total. The van der Waals surface area contributed by atoms with Gasteiger partial charge < -0.3 is 18.7 Å². The highest BCUT2D eigenvalue weighted by atomic mass is 28.4. The zero-order valence-electron chi connectivity index (χ0n) is 26.4. The Morgan fingerprint density at radius 3 is 2.51 bits per heavy atom. The third kappa shape index (κ3) is 6.08. The molecule has 2 atom stereocenters. The van der Waals surface area contributed by atoms with Crippen molar-refractivity contribution in [1.82, 2.24) is 25.1 Å². The number of aromatic nitrogens is 4. The first-order valence-electron chi connectivity index (χ1n) is 15.3.